The van der Waals surface area contributed by atoms with Gasteiger partial charge in [-0.05, 0) is 68.6 Å². The average molecular weight is 543 g/mol. The summed E-state index contributed by atoms with van der Waals surface area (Å²) in [7, 11) is 1.38. The van der Waals surface area contributed by atoms with E-state index in [9.17, 15) is 18.8 Å². The molecule has 0 unspecified atom stereocenters. The zero-order chi connectivity index (χ0) is 27.9. The summed E-state index contributed by atoms with van der Waals surface area (Å²) in [5, 5.41) is 2.71. The fourth-order valence-electron chi connectivity index (χ4n) is 4.88. The lowest BCUT2D eigenvalue weighted by molar-refractivity contribution is -0.161. The van der Waals surface area contributed by atoms with E-state index >= 15 is 0 Å². The maximum Gasteiger partial charge on any atom is 0.329 e. The highest BCUT2D eigenvalue weighted by atomic mass is 19.1. The molecule has 210 valence electrons. The molecule has 10 heteroatoms. The quantitative estimate of drug-likeness (QED) is 0.473. The Kier molecular flexibility index (Phi) is 9.50. The molecule has 4 rings (SSSR count). The molecule has 1 aliphatic heterocycles. The first-order valence-corrected chi connectivity index (χ1v) is 13.3. The van der Waals surface area contributed by atoms with Gasteiger partial charge in [0.1, 0.15) is 18.0 Å². The Labute approximate surface area is 227 Å². The van der Waals surface area contributed by atoms with E-state index in [4.69, 9.17) is 18.9 Å². The predicted molar refractivity (Wildman–Crippen MR) is 139 cm³/mol. The van der Waals surface area contributed by atoms with Gasteiger partial charge in [0, 0.05) is 25.8 Å². The van der Waals surface area contributed by atoms with E-state index < -0.39 is 30.0 Å². The number of nitrogens with zero attached hydrogens (tertiary/aromatic N) is 1. The van der Waals surface area contributed by atoms with Crippen LogP contribution in [0.2, 0.25) is 0 Å². The number of rotatable bonds is 9. The van der Waals surface area contributed by atoms with E-state index in [1.165, 1.54) is 38.4 Å². The SMILES string of the molecule is COc1ccnc(C(=O)N[C@H]2CCC[C@H](Cc3ccc(F)cc3)[C@@H](OCC3CC3)[C@H](C)OC2=O)c1OC(C)=O. The first kappa shape index (κ1) is 28.5. The van der Waals surface area contributed by atoms with Crippen molar-refractivity contribution in [2.45, 2.75) is 70.6 Å². The number of aromatic nitrogens is 1. The number of pyridine rings is 1. The second-order valence-corrected chi connectivity index (χ2v) is 10.2. The number of ether oxygens (including phenoxy) is 4. The van der Waals surface area contributed by atoms with E-state index in [2.05, 4.69) is 10.3 Å². The number of nitrogens with one attached hydrogen (secondary N) is 1. The van der Waals surface area contributed by atoms with Crippen molar-refractivity contribution < 1.29 is 37.7 Å². The van der Waals surface area contributed by atoms with Gasteiger partial charge in [-0.15, -0.1) is 0 Å². The van der Waals surface area contributed by atoms with Crippen LogP contribution in [0.5, 0.6) is 11.5 Å². The summed E-state index contributed by atoms with van der Waals surface area (Å²) in [5.74, 6) is -1.60. The zero-order valence-electron chi connectivity index (χ0n) is 22.5. The van der Waals surface area contributed by atoms with Gasteiger partial charge < -0.3 is 24.3 Å². The lowest BCUT2D eigenvalue weighted by Crippen LogP contribution is -2.45. The van der Waals surface area contributed by atoms with Crippen LogP contribution in [-0.4, -0.2) is 54.8 Å². The molecule has 2 aromatic rings. The average Bonchev–Trinajstić information content (AvgIpc) is 3.72. The number of methoxy groups -OCH3 is 1. The van der Waals surface area contributed by atoms with E-state index in [-0.39, 0.29) is 35.0 Å². The smallest absolute Gasteiger partial charge is 0.329 e. The molecule has 1 amide bonds. The summed E-state index contributed by atoms with van der Waals surface area (Å²) < 4.78 is 36.0. The van der Waals surface area contributed by atoms with Gasteiger partial charge in [0.15, 0.2) is 11.4 Å². The summed E-state index contributed by atoms with van der Waals surface area (Å²) >= 11 is 0. The van der Waals surface area contributed by atoms with Crippen LogP contribution in [0.1, 0.15) is 62.0 Å². The van der Waals surface area contributed by atoms with Crippen molar-refractivity contribution in [3.05, 3.63) is 53.6 Å². The normalized spacial score (nSPS) is 23.5. The van der Waals surface area contributed by atoms with Gasteiger partial charge in [0.05, 0.1) is 13.2 Å². The molecule has 2 heterocycles. The molecule has 2 aliphatic rings. The lowest BCUT2D eigenvalue weighted by atomic mass is 9.86. The van der Waals surface area contributed by atoms with Crippen LogP contribution in [-0.2, 0) is 25.5 Å². The van der Waals surface area contributed by atoms with Gasteiger partial charge in [0.2, 0.25) is 5.75 Å². The molecule has 0 bridgehead atoms. The zero-order valence-corrected chi connectivity index (χ0v) is 22.5. The van der Waals surface area contributed by atoms with Crippen molar-refractivity contribution in [1.29, 1.82) is 0 Å². The maximum absolute atomic E-state index is 13.5. The lowest BCUT2D eigenvalue weighted by Gasteiger charge is -2.31. The minimum atomic E-state index is -0.938. The minimum absolute atomic E-state index is 0.0297. The van der Waals surface area contributed by atoms with Crippen LogP contribution in [0.4, 0.5) is 4.39 Å². The van der Waals surface area contributed by atoms with Gasteiger partial charge in [0.25, 0.3) is 5.91 Å². The van der Waals surface area contributed by atoms with Crippen molar-refractivity contribution in [3.63, 3.8) is 0 Å². The molecule has 39 heavy (non-hydrogen) atoms. The number of cyclic esters (lactones) is 1. The van der Waals surface area contributed by atoms with E-state index in [1.807, 2.05) is 0 Å². The summed E-state index contributed by atoms with van der Waals surface area (Å²) in [4.78, 5) is 42.1. The Balaban J connectivity index is 1.51. The largest absolute Gasteiger partial charge is 0.493 e. The summed E-state index contributed by atoms with van der Waals surface area (Å²) in [6, 6.07) is 6.94. The number of amides is 1. The van der Waals surface area contributed by atoms with E-state index in [1.54, 1.807) is 19.1 Å². The van der Waals surface area contributed by atoms with Crippen LogP contribution in [0.15, 0.2) is 36.5 Å². The van der Waals surface area contributed by atoms with Crippen molar-refractivity contribution in [2.75, 3.05) is 13.7 Å². The number of hydrogen-bond donors (Lipinski definition) is 1. The number of halogens is 1. The first-order valence-electron chi connectivity index (χ1n) is 13.3. The third kappa shape index (κ3) is 7.75. The van der Waals surface area contributed by atoms with E-state index in [0.717, 1.165) is 24.8 Å². The number of carbonyl (C=O) groups is 3. The second kappa shape index (κ2) is 13.0. The van der Waals surface area contributed by atoms with Crippen LogP contribution in [0.25, 0.3) is 0 Å². The second-order valence-electron chi connectivity index (χ2n) is 10.2. The first-order chi connectivity index (χ1) is 18.7. The number of carbonyl (C=O) groups excluding carboxylic acids is 3. The molecule has 1 aromatic carbocycles. The topological polar surface area (TPSA) is 113 Å². The summed E-state index contributed by atoms with van der Waals surface area (Å²) in [6.45, 7) is 3.61. The Bertz CT molecular complexity index is 1170. The highest BCUT2D eigenvalue weighted by molar-refractivity contribution is 5.98. The van der Waals surface area contributed by atoms with Gasteiger partial charge in [-0.25, -0.2) is 14.2 Å². The molecular weight excluding hydrogens is 507 g/mol. The summed E-state index contributed by atoms with van der Waals surface area (Å²) in [5.41, 5.74) is 0.802. The third-order valence-electron chi connectivity index (χ3n) is 7.07. The Morgan fingerprint density at radius 1 is 1.13 bits per heavy atom. The van der Waals surface area contributed by atoms with Crippen LogP contribution < -0.4 is 14.8 Å². The molecule has 4 atom stereocenters. The standard InChI is InChI=1S/C29H35FN2O7/c1-17-26(37-16-20-7-8-20)21(15-19-9-11-22(30)12-10-19)5-4-6-23(29(35)38-17)32-28(34)25-27(39-18(2)33)24(36-3)13-14-31-25/h9-14,17,20-21,23,26H,4-8,15-16H2,1-3H3,(H,32,34)/t17-,21+,23-,26-/m0/s1. The van der Waals surface area contributed by atoms with Gasteiger partial charge >= 0.3 is 11.9 Å². The number of esters is 2. The predicted octanol–water partition coefficient (Wildman–Crippen LogP) is 4.02. The molecule has 0 spiro atoms. The van der Waals surface area contributed by atoms with Crippen LogP contribution in [0.3, 0.4) is 0 Å². The third-order valence-corrected chi connectivity index (χ3v) is 7.07. The molecule has 1 aromatic heterocycles. The van der Waals surface area contributed by atoms with Crippen molar-refractivity contribution >= 4 is 17.8 Å². The van der Waals surface area contributed by atoms with Crippen LogP contribution >= 0.6 is 0 Å². The molecule has 1 saturated carbocycles. The fourth-order valence-corrected chi connectivity index (χ4v) is 4.88. The Morgan fingerprint density at radius 2 is 1.87 bits per heavy atom. The van der Waals surface area contributed by atoms with Gasteiger partial charge in [-0.1, -0.05) is 18.6 Å². The van der Waals surface area contributed by atoms with Crippen molar-refractivity contribution in [2.24, 2.45) is 11.8 Å². The molecule has 1 saturated heterocycles. The molecule has 1 aliphatic carbocycles. The highest BCUT2D eigenvalue weighted by Crippen LogP contribution is 2.33. The molecule has 2 fully saturated rings. The van der Waals surface area contributed by atoms with Gasteiger partial charge in [-0.2, -0.15) is 0 Å². The number of benzene rings is 1. The maximum atomic E-state index is 13.5. The van der Waals surface area contributed by atoms with E-state index in [0.29, 0.717) is 31.8 Å². The fraction of sp³-hybridized carbons (Fsp3) is 0.517. The van der Waals surface area contributed by atoms with Crippen LogP contribution in [0, 0.1) is 17.7 Å². The van der Waals surface area contributed by atoms with Crippen molar-refractivity contribution in [3.8, 4) is 11.5 Å². The Hall–Kier alpha value is -3.53. The summed E-state index contributed by atoms with van der Waals surface area (Å²) in [6.07, 6.45) is 5.02. The monoisotopic (exact) mass is 542 g/mol. The number of hydrogen-bond acceptors (Lipinski definition) is 8. The van der Waals surface area contributed by atoms with Gasteiger partial charge in [-0.3, -0.25) is 9.59 Å². The molecule has 1 N–H and O–H groups in total. The Morgan fingerprint density at radius 3 is 2.54 bits per heavy atom. The highest BCUT2D eigenvalue weighted by Gasteiger charge is 2.37. The molecular formula is C29H35FN2O7. The minimum Gasteiger partial charge on any atom is -0.493 e. The van der Waals surface area contributed by atoms with Crippen molar-refractivity contribution in [1.82, 2.24) is 10.3 Å². The molecule has 0 radical (unpaired) electrons. The molecule has 9 nitrogen and oxygen atoms in total.